The summed E-state index contributed by atoms with van der Waals surface area (Å²) in [6, 6.07) is 5.47. The van der Waals surface area contributed by atoms with Gasteiger partial charge in [0, 0.05) is 18.3 Å². The van der Waals surface area contributed by atoms with Gasteiger partial charge in [-0.1, -0.05) is 38.6 Å². The number of carbonyl (C=O) groups excluding carboxylic acids is 1. The summed E-state index contributed by atoms with van der Waals surface area (Å²) in [5.74, 6) is 1.97. The molecule has 0 bridgehead atoms. The molecule has 2 aromatic heterocycles. The van der Waals surface area contributed by atoms with E-state index in [4.69, 9.17) is 14.5 Å². The molecule has 0 spiro atoms. The Labute approximate surface area is 198 Å². The summed E-state index contributed by atoms with van der Waals surface area (Å²) < 4.78 is 12.4. The minimum atomic E-state index is -0.0744. The number of nitrogens with zero attached hydrogens (tertiary/aromatic N) is 4. The van der Waals surface area contributed by atoms with Gasteiger partial charge in [-0.05, 0) is 24.1 Å². The summed E-state index contributed by atoms with van der Waals surface area (Å²) in [7, 11) is 3.16. The molecule has 178 valence electrons. The van der Waals surface area contributed by atoms with E-state index in [9.17, 15) is 4.79 Å². The number of aromatic nitrogens is 4. The zero-order valence-corrected chi connectivity index (χ0v) is 20.7. The highest BCUT2D eigenvalue weighted by Crippen LogP contribution is 2.28. The minimum Gasteiger partial charge on any atom is -0.493 e. The van der Waals surface area contributed by atoms with E-state index in [0.717, 1.165) is 40.5 Å². The number of methoxy groups -OCH3 is 2. The molecule has 0 aliphatic heterocycles. The zero-order chi connectivity index (χ0) is 23.8. The Hall–Kier alpha value is -3.01. The summed E-state index contributed by atoms with van der Waals surface area (Å²) in [4.78, 5) is 21.8. The van der Waals surface area contributed by atoms with Crippen LogP contribution in [0.4, 0.5) is 5.82 Å². The van der Waals surface area contributed by atoms with Crippen LogP contribution >= 0.6 is 11.8 Å². The summed E-state index contributed by atoms with van der Waals surface area (Å²) >= 11 is 1.62. The minimum absolute atomic E-state index is 0.0744. The van der Waals surface area contributed by atoms with Gasteiger partial charge in [0.1, 0.15) is 5.82 Å². The summed E-state index contributed by atoms with van der Waals surface area (Å²) in [6.45, 7) is 8.12. The molecule has 33 heavy (non-hydrogen) atoms. The lowest BCUT2D eigenvalue weighted by molar-refractivity contribution is -0.120. The van der Waals surface area contributed by atoms with Crippen molar-refractivity contribution in [3.05, 3.63) is 30.0 Å². The van der Waals surface area contributed by atoms with Gasteiger partial charge in [0.05, 0.1) is 38.8 Å². The van der Waals surface area contributed by atoms with Crippen molar-refractivity contribution >= 4 is 34.5 Å². The van der Waals surface area contributed by atoms with Crippen LogP contribution in [-0.2, 0) is 17.8 Å². The van der Waals surface area contributed by atoms with Crippen molar-refractivity contribution in [3.8, 4) is 11.5 Å². The van der Waals surface area contributed by atoms with Crippen molar-refractivity contribution in [1.29, 1.82) is 0 Å². The lowest BCUT2D eigenvalue weighted by Crippen LogP contribution is -2.29. The quantitative estimate of drug-likeness (QED) is 0.305. The van der Waals surface area contributed by atoms with Crippen LogP contribution in [0.1, 0.15) is 32.8 Å². The fourth-order valence-corrected chi connectivity index (χ4v) is 3.99. The van der Waals surface area contributed by atoms with Gasteiger partial charge in [0.15, 0.2) is 22.3 Å². The van der Waals surface area contributed by atoms with E-state index in [2.05, 4.69) is 41.5 Å². The van der Waals surface area contributed by atoms with Gasteiger partial charge < -0.3 is 20.1 Å². The van der Waals surface area contributed by atoms with Crippen LogP contribution in [0.15, 0.2) is 29.6 Å². The molecular formula is C23H32N6O3S. The highest BCUT2D eigenvalue weighted by Gasteiger charge is 2.14. The molecule has 3 rings (SSSR count). The predicted octanol–water partition coefficient (Wildman–Crippen LogP) is 3.52. The second kappa shape index (κ2) is 11.7. The molecule has 0 aliphatic carbocycles. The number of hydrogen-bond donors (Lipinski definition) is 2. The van der Waals surface area contributed by atoms with E-state index < -0.39 is 0 Å². The first-order chi connectivity index (χ1) is 15.9. The predicted molar refractivity (Wildman–Crippen MR) is 131 cm³/mol. The number of hydrogen-bond acceptors (Lipinski definition) is 8. The fraction of sp³-hybridized carbons (Fsp3) is 0.478. The van der Waals surface area contributed by atoms with Gasteiger partial charge in [-0.2, -0.15) is 5.10 Å². The number of rotatable bonds is 12. The maximum atomic E-state index is 12.5. The third-order valence-electron chi connectivity index (χ3n) is 4.82. The Kier molecular flexibility index (Phi) is 8.76. The molecule has 0 saturated heterocycles. The lowest BCUT2D eigenvalue weighted by Gasteiger charge is -2.11. The number of thioether (sulfide) groups is 1. The Bertz CT molecular complexity index is 1090. The second-order valence-corrected chi connectivity index (χ2v) is 9.31. The van der Waals surface area contributed by atoms with Gasteiger partial charge in [0.2, 0.25) is 5.91 Å². The maximum absolute atomic E-state index is 12.5. The van der Waals surface area contributed by atoms with Crippen LogP contribution in [0.2, 0.25) is 0 Å². The van der Waals surface area contributed by atoms with E-state index in [-0.39, 0.29) is 12.3 Å². The number of carbonyl (C=O) groups is 1. The van der Waals surface area contributed by atoms with Crippen molar-refractivity contribution in [2.75, 3.05) is 32.6 Å². The zero-order valence-electron chi connectivity index (χ0n) is 19.8. The van der Waals surface area contributed by atoms with Gasteiger partial charge >= 0.3 is 0 Å². The molecule has 0 saturated carbocycles. The van der Waals surface area contributed by atoms with E-state index in [1.807, 2.05) is 16.8 Å². The SMILES string of the molecule is CCCNc1nc(SC(C)C)nc2c1cnn2CCNC(=O)Cc1ccc(OC)c(OC)c1. The summed E-state index contributed by atoms with van der Waals surface area (Å²) in [6.07, 6.45) is 3.03. The maximum Gasteiger partial charge on any atom is 0.224 e. The van der Waals surface area contributed by atoms with Crippen molar-refractivity contribution in [1.82, 2.24) is 25.1 Å². The molecule has 0 radical (unpaired) electrons. The first-order valence-corrected chi connectivity index (χ1v) is 11.9. The van der Waals surface area contributed by atoms with E-state index >= 15 is 0 Å². The molecule has 0 atom stereocenters. The molecule has 1 aromatic carbocycles. The monoisotopic (exact) mass is 472 g/mol. The molecule has 3 aromatic rings. The molecule has 2 N–H and O–H groups in total. The van der Waals surface area contributed by atoms with Gasteiger partial charge in [-0.25, -0.2) is 14.6 Å². The molecule has 0 aliphatic rings. The standard InChI is InChI=1S/C23H32N6O3S/c1-6-9-25-21-17-14-26-29(22(17)28-23(27-21)33-15(2)3)11-10-24-20(30)13-16-7-8-18(31-4)19(12-16)32-5/h7-8,12,14-15H,6,9-11,13H2,1-5H3,(H,24,30)(H,25,27,28). The Morgan fingerprint density at radius 2 is 1.94 bits per heavy atom. The number of amides is 1. The second-order valence-electron chi connectivity index (χ2n) is 7.77. The van der Waals surface area contributed by atoms with E-state index in [1.54, 1.807) is 38.2 Å². The van der Waals surface area contributed by atoms with Gasteiger partial charge in [0.25, 0.3) is 0 Å². The van der Waals surface area contributed by atoms with Gasteiger partial charge in [-0.3, -0.25) is 4.79 Å². The average molecular weight is 473 g/mol. The fourth-order valence-electron chi connectivity index (χ4n) is 3.28. The molecule has 9 nitrogen and oxygen atoms in total. The van der Waals surface area contributed by atoms with Crippen molar-refractivity contribution in [2.24, 2.45) is 0 Å². The topological polar surface area (TPSA) is 103 Å². The Morgan fingerprint density at radius 3 is 2.64 bits per heavy atom. The van der Waals surface area contributed by atoms with Crippen molar-refractivity contribution in [3.63, 3.8) is 0 Å². The van der Waals surface area contributed by atoms with Crippen LogP contribution in [0.5, 0.6) is 11.5 Å². The van der Waals surface area contributed by atoms with Crippen LogP contribution < -0.4 is 20.1 Å². The number of anilines is 1. The normalized spacial score (nSPS) is 11.1. The van der Waals surface area contributed by atoms with Crippen molar-refractivity contribution < 1.29 is 14.3 Å². The largest absolute Gasteiger partial charge is 0.493 e. The molecular weight excluding hydrogens is 440 g/mol. The number of fused-ring (bicyclic) bond motifs is 1. The first kappa shape index (κ1) is 24.6. The number of nitrogens with one attached hydrogen (secondary N) is 2. The smallest absolute Gasteiger partial charge is 0.224 e. The van der Waals surface area contributed by atoms with Crippen LogP contribution in [-0.4, -0.2) is 58.2 Å². The summed E-state index contributed by atoms with van der Waals surface area (Å²) in [5, 5.41) is 12.8. The number of ether oxygens (including phenoxy) is 2. The van der Waals surface area contributed by atoms with Crippen molar-refractivity contribution in [2.45, 2.75) is 50.6 Å². The van der Waals surface area contributed by atoms with Gasteiger partial charge in [-0.15, -0.1) is 0 Å². The van der Waals surface area contributed by atoms with E-state index in [1.165, 1.54) is 0 Å². The molecule has 1 amide bonds. The van der Waals surface area contributed by atoms with Crippen LogP contribution in [0.25, 0.3) is 11.0 Å². The average Bonchev–Trinajstić information content (AvgIpc) is 3.19. The molecule has 0 fully saturated rings. The third kappa shape index (κ3) is 6.50. The van der Waals surface area contributed by atoms with Crippen LogP contribution in [0, 0.1) is 0 Å². The van der Waals surface area contributed by atoms with E-state index in [0.29, 0.717) is 29.8 Å². The Balaban J connectivity index is 1.66. The summed E-state index contributed by atoms with van der Waals surface area (Å²) in [5.41, 5.74) is 1.62. The highest BCUT2D eigenvalue weighted by atomic mass is 32.2. The highest BCUT2D eigenvalue weighted by molar-refractivity contribution is 7.99. The van der Waals surface area contributed by atoms with Crippen LogP contribution in [0.3, 0.4) is 0 Å². The first-order valence-electron chi connectivity index (χ1n) is 11.1. The Morgan fingerprint density at radius 1 is 1.15 bits per heavy atom. The lowest BCUT2D eigenvalue weighted by atomic mass is 10.1. The molecule has 10 heteroatoms. The number of benzene rings is 1. The molecule has 0 unspecified atom stereocenters. The molecule has 2 heterocycles. The third-order valence-corrected chi connectivity index (χ3v) is 5.68.